The predicted molar refractivity (Wildman–Crippen MR) is 80.3 cm³/mol. The molecule has 134 valence electrons. The zero-order valence-electron chi connectivity index (χ0n) is 13.4. The van der Waals surface area contributed by atoms with Crippen molar-refractivity contribution in [3.8, 4) is 0 Å². The maximum absolute atomic E-state index is 13.5. The number of amides is 4. The van der Waals surface area contributed by atoms with E-state index in [1.54, 1.807) is 0 Å². The third kappa shape index (κ3) is 4.28. The second-order valence-corrected chi connectivity index (χ2v) is 5.36. The zero-order chi connectivity index (χ0) is 18.7. The van der Waals surface area contributed by atoms with Crippen molar-refractivity contribution in [1.82, 2.24) is 9.80 Å². The minimum atomic E-state index is -1.35. The van der Waals surface area contributed by atoms with Crippen LogP contribution >= 0.6 is 0 Å². The molecule has 1 saturated heterocycles. The predicted octanol–water partition coefficient (Wildman–Crippen LogP) is 0.729. The Hall–Kier alpha value is -3.04. The molecule has 1 aromatic carbocycles. The lowest BCUT2D eigenvalue weighted by Gasteiger charge is -2.17. The van der Waals surface area contributed by atoms with Crippen molar-refractivity contribution in [1.29, 1.82) is 0 Å². The average Bonchev–Trinajstić information content (AvgIpc) is 2.77. The number of carbonyl (C=O) groups is 4. The molecular formula is C15H15F2N3O5. The summed E-state index contributed by atoms with van der Waals surface area (Å²) in [5, 5.41) is 2.09. The summed E-state index contributed by atoms with van der Waals surface area (Å²) in [4.78, 5) is 48.7. The fourth-order valence-electron chi connectivity index (χ4n) is 2.07. The summed E-state index contributed by atoms with van der Waals surface area (Å²) in [5.41, 5.74) is -0.403. The normalized spacial score (nSPS) is 15.4. The summed E-state index contributed by atoms with van der Waals surface area (Å²) >= 11 is 0. The largest absolute Gasteiger partial charge is 0.451 e. The summed E-state index contributed by atoms with van der Waals surface area (Å²) in [6.07, 6.45) is -1.35. The number of hydrogen-bond donors (Lipinski definition) is 1. The van der Waals surface area contributed by atoms with Crippen molar-refractivity contribution in [3.63, 3.8) is 0 Å². The number of halogens is 2. The molecule has 0 spiro atoms. The van der Waals surface area contributed by atoms with Gasteiger partial charge in [0.2, 0.25) is 0 Å². The summed E-state index contributed by atoms with van der Waals surface area (Å²) < 4.78 is 31.4. The van der Waals surface area contributed by atoms with E-state index in [4.69, 9.17) is 4.74 Å². The van der Waals surface area contributed by atoms with Crippen molar-refractivity contribution < 1.29 is 32.7 Å². The van der Waals surface area contributed by atoms with E-state index in [9.17, 15) is 28.0 Å². The van der Waals surface area contributed by atoms with Crippen LogP contribution in [-0.2, 0) is 19.1 Å². The van der Waals surface area contributed by atoms with E-state index in [1.807, 2.05) is 0 Å². The average molecular weight is 355 g/mol. The second kappa shape index (κ2) is 7.24. The lowest BCUT2D eigenvalue weighted by Crippen LogP contribution is -2.39. The molecule has 10 heteroatoms. The number of esters is 1. The van der Waals surface area contributed by atoms with E-state index in [1.165, 1.54) is 14.0 Å². The molecule has 0 aliphatic carbocycles. The van der Waals surface area contributed by atoms with E-state index in [0.29, 0.717) is 4.90 Å². The number of likely N-dealkylation sites (N-methyl/N-ethyl adjacent to an activating group) is 1. The molecule has 1 atom stereocenters. The van der Waals surface area contributed by atoms with Gasteiger partial charge in [0.25, 0.3) is 11.8 Å². The number of benzene rings is 1. The highest BCUT2D eigenvalue weighted by molar-refractivity contribution is 6.04. The van der Waals surface area contributed by atoms with Crippen molar-refractivity contribution in [2.75, 3.05) is 25.5 Å². The number of nitrogens with zero attached hydrogens (tertiary/aromatic N) is 2. The van der Waals surface area contributed by atoms with Gasteiger partial charge in [0.15, 0.2) is 6.10 Å². The zero-order valence-corrected chi connectivity index (χ0v) is 13.4. The Balaban J connectivity index is 1.92. The maximum Gasteiger partial charge on any atom is 0.327 e. The third-order valence-electron chi connectivity index (χ3n) is 3.38. The summed E-state index contributed by atoms with van der Waals surface area (Å²) in [5.74, 6) is -4.06. The first-order valence-electron chi connectivity index (χ1n) is 7.20. The van der Waals surface area contributed by atoms with Crippen LogP contribution in [0.15, 0.2) is 18.2 Å². The molecule has 1 aliphatic rings. The summed E-state index contributed by atoms with van der Waals surface area (Å²) in [6, 6.07) is 1.85. The van der Waals surface area contributed by atoms with Gasteiger partial charge in [0, 0.05) is 13.1 Å². The number of urea groups is 1. The Bertz CT molecular complexity index is 740. The SMILES string of the molecule is C[C@@H](OC(=O)CN1C(=O)CN(C)C1=O)C(=O)Nc1cc(F)ccc1F. The molecule has 1 fully saturated rings. The van der Waals surface area contributed by atoms with Crippen LogP contribution in [0.2, 0.25) is 0 Å². The molecule has 2 rings (SSSR count). The molecule has 0 radical (unpaired) electrons. The number of hydrogen-bond acceptors (Lipinski definition) is 5. The van der Waals surface area contributed by atoms with Crippen molar-refractivity contribution in [2.45, 2.75) is 13.0 Å². The van der Waals surface area contributed by atoms with Crippen molar-refractivity contribution in [3.05, 3.63) is 29.8 Å². The molecule has 25 heavy (non-hydrogen) atoms. The monoisotopic (exact) mass is 355 g/mol. The van der Waals surface area contributed by atoms with Gasteiger partial charge in [-0.2, -0.15) is 0 Å². The molecule has 1 N–H and O–H groups in total. The fraction of sp³-hybridized carbons (Fsp3) is 0.333. The lowest BCUT2D eigenvalue weighted by molar-refractivity contribution is -0.154. The minimum Gasteiger partial charge on any atom is -0.451 e. The van der Waals surface area contributed by atoms with Crippen molar-refractivity contribution >= 4 is 29.5 Å². The summed E-state index contributed by atoms with van der Waals surface area (Å²) in [6.45, 7) is 0.416. The Labute approximate surface area is 141 Å². The second-order valence-electron chi connectivity index (χ2n) is 5.36. The van der Waals surface area contributed by atoms with E-state index < -0.39 is 53.8 Å². The number of carbonyl (C=O) groups excluding carboxylic acids is 4. The Morgan fingerprint density at radius 3 is 2.60 bits per heavy atom. The minimum absolute atomic E-state index is 0.152. The topological polar surface area (TPSA) is 96.0 Å². The molecule has 0 unspecified atom stereocenters. The highest BCUT2D eigenvalue weighted by Gasteiger charge is 2.35. The first-order valence-corrected chi connectivity index (χ1v) is 7.20. The van der Waals surface area contributed by atoms with Gasteiger partial charge < -0.3 is 15.0 Å². The van der Waals surface area contributed by atoms with Crippen LogP contribution in [0.3, 0.4) is 0 Å². The van der Waals surface area contributed by atoms with Crippen LogP contribution in [0.1, 0.15) is 6.92 Å². The molecule has 1 heterocycles. The van der Waals surface area contributed by atoms with Gasteiger partial charge in [0.05, 0.1) is 5.69 Å². The number of rotatable bonds is 5. The molecule has 0 bridgehead atoms. The number of ether oxygens (including phenoxy) is 1. The van der Waals surface area contributed by atoms with Gasteiger partial charge in [-0.3, -0.25) is 19.3 Å². The first-order chi connectivity index (χ1) is 11.7. The maximum atomic E-state index is 13.5. The van der Waals surface area contributed by atoms with E-state index >= 15 is 0 Å². The quantitative estimate of drug-likeness (QED) is 0.620. The van der Waals surface area contributed by atoms with Crippen molar-refractivity contribution in [2.24, 2.45) is 0 Å². The Morgan fingerprint density at radius 1 is 1.32 bits per heavy atom. The van der Waals surface area contributed by atoms with Crippen LogP contribution in [0.5, 0.6) is 0 Å². The van der Waals surface area contributed by atoms with Crippen LogP contribution < -0.4 is 5.32 Å². The molecule has 0 saturated carbocycles. The van der Waals surface area contributed by atoms with Gasteiger partial charge in [-0.05, 0) is 19.1 Å². The Kier molecular flexibility index (Phi) is 5.30. The van der Waals surface area contributed by atoms with Gasteiger partial charge in [-0.25, -0.2) is 13.6 Å². The molecule has 8 nitrogen and oxygen atoms in total. The Morgan fingerprint density at radius 2 is 2.00 bits per heavy atom. The molecule has 4 amide bonds. The standard InChI is InChI=1S/C15H15F2N3O5/c1-8(14(23)18-11-5-9(16)3-4-10(11)17)25-13(22)7-20-12(21)6-19(2)15(20)24/h3-5,8H,6-7H2,1-2H3,(H,18,23)/t8-/m1/s1. The van der Waals surface area contributed by atoms with E-state index in [0.717, 1.165) is 23.1 Å². The van der Waals surface area contributed by atoms with Crippen LogP contribution in [0, 0.1) is 11.6 Å². The molecule has 1 aromatic rings. The van der Waals surface area contributed by atoms with E-state index in [-0.39, 0.29) is 6.54 Å². The van der Waals surface area contributed by atoms with Gasteiger partial charge in [0.1, 0.15) is 24.7 Å². The highest BCUT2D eigenvalue weighted by Crippen LogP contribution is 2.16. The van der Waals surface area contributed by atoms with Gasteiger partial charge in [-0.1, -0.05) is 0 Å². The fourth-order valence-corrected chi connectivity index (χ4v) is 2.07. The molecule has 0 aromatic heterocycles. The number of anilines is 1. The number of imide groups is 1. The van der Waals surface area contributed by atoms with Crippen LogP contribution in [0.25, 0.3) is 0 Å². The van der Waals surface area contributed by atoms with Crippen LogP contribution in [0.4, 0.5) is 19.3 Å². The molecular weight excluding hydrogens is 340 g/mol. The highest BCUT2D eigenvalue weighted by atomic mass is 19.1. The van der Waals surface area contributed by atoms with Crippen LogP contribution in [-0.4, -0.2) is 59.9 Å². The number of nitrogens with one attached hydrogen (secondary N) is 1. The first kappa shape index (κ1) is 18.3. The molecule has 1 aliphatic heterocycles. The third-order valence-corrected chi connectivity index (χ3v) is 3.38. The lowest BCUT2D eigenvalue weighted by atomic mass is 10.2. The summed E-state index contributed by atoms with van der Waals surface area (Å²) in [7, 11) is 1.40. The van der Waals surface area contributed by atoms with Gasteiger partial charge >= 0.3 is 12.0 Å². The van der Waals surface area contributed by atoms with E-state index in [2.05, 4.69) is 5.32 Å². The smallest absolute Gasteiger partial charge is 0.327 e. The van der Waals surface area contributed by atoms with Gasteiger partial charge in [-0.15, -0.1) is 0 Å².